The van der Waals surface area contributed by atoms with Gasteiger partial charge in [-0.05, 0) is 30.4 Å². The normalized spacial score (nSPS) is 31.1. The number of fused-ring (bicyclic) bond motifs is 4. The van der Waals surface area contributed by atoms with Crippen LogP contribution in [0.1, 0.15) is 55.2 Å². The Balaban J connectivity index is 1.97. The van der Waals surface area contributed by atoms with Crippen molar-refractivity contribution in [3.63, 3.8) is 0 Å². The maximum Gasteiger partial charge on any atom is 0.0475 e. The number of rotatable bonds is 0. The Bertz CT molecular complexity index is 288. The lowest BCUT2D eigenvalue weighted by molar-refractivity contribution is 0.430. The van der Waals surface area contributed by atoms with Crippen molar-refractivity contribution in [1.29, 1.82) is 0 Å². The number of hydrogen-bond donors (Lipinski definition) is 0. The number of aromatic nitrogens is 1. The molecule has 0 N–H and O–H groups in total. The fourth-order valence-corrected chi connectivity index (χ4v) is 2.96. The molecule has 68 valence electrons. The van der Waals surface area contributed by atoms with Crippen molar-refractivity contribution >= 4 is 0 Å². The molecule has 2 atom stereocenters. The van der Waals surface area contributed by atoms with Crippen LogP contribution in [-0.2, 0) is 0 Å². The van der Waals surface area contributed by atoms with Gasteiger partial charge >= 0.3 is 0 Å². The Morgan fingerprint density at radius 1 is 1.08 bits per heavy atom. The van der Waals surface area contributed by atoms with Gasteiger partial charge in [-0.3, -0.25) is 4.98 Å². The SMILES string of the molecule is c1cnc2c(c1)C1CCCCCC21. The number of hydrogen-bond acceptors (Lipinski definition) is 1. The van der Waals surface area contributed by atoms with E-state index in [0.717, 1.165) is 11.8 Å². The fraction of sp³-hybridized carbons (Fsp3) is 0.583. The molecule has 2 aliphatic rings. The van der Waals surface area contributed by atoms with Gasteiger partial charge in [0.15, 0.2) is 0 Å². The first-order chi connectivity index (χ1) is 6.47. The van der Waals surface area contributed by atoms with Crippen LogP contribution in [0, 0.1) is 0 Å². The molecule has 0 aromatic carbocycles. The maximum atomic E-state index is 4.49. The summed E-state index contributed by atoms with van der Waals surface area (Å²) in [5.41, 5.74) is 2.96. The first-order valence-corrected chi connectivity index (χ1v) is 5.41. The average Bonchev–Trinajstić information content (AvgIpc) is 2.37. The molecule has 2 unspecified atom stereocenters. The quantitative estimate of drug-likeness (QED) is 0.587. The molecule has 1 nitrogen and oxygen atoms in total. The van der Waals surface area contributed by atoms with Crippen LogP contribution in [0.15, 0.2) is 18.3 Å². The van der Waals surface area contributed by atoms with Crippen LogP contribution in [0.3, 0.4) is 0 Å². The molecule has 1 heteroatoms. The highest BCUT2D eigenvalue weighted by molar-refractivity contribution is 5.40. The van der Waals surface area contributed by atoms with Crippen LogP contribution >= 0.6 is 0 Å². The van der Waals surface area contributed by atoms with Crippen LogP contribution in [-0.4, -0.2) is 4.98 Å². The second-order valence-electron chi connectivity index (χ2n) is 4.33. The molecule has 13 heavy (non-hydrogen) atoms. The third kappa shape index (κ3) is 1.03. The summed E-state index contributed by atoms with van der Waals surface area (Å²) in [6.45, 7) is 0. The number of pyridine rings is 1. The molecule has 0 aliphatic heterocycles. The Morgan fingerprint density at radius 3 is 2.85 bits per heavy atom. The molecule has 2 aliphatic carbocycles. The molecule has 1 heterocycles. The van der Waals surface area contributed by atoms with E-state index in [9.17, 15) is 0 Å². The zero-order valence-corrected chi connectivity index (χ0v) is 7.87. The van der Waals surface area contributed by atoms with E-state index < -0.39 is 0 Å². The standard InChI is InChI=1S/C12H15N/c1-2-5-9-10(6-3-1)12-11(9)7-4-8-13-12/h4,7-10H,1-3,5-6H2. The summed E-state index contributed by atoms with van der Waals surface area (Å²) >= 11 is 0. The van der Waals surface area contributed by atoms with E-state index in [1.54, 1.807) is 5.56 Å². The second kappa shape index (κ2) is 2.83. The topological polar surface area (TPSA) is 12.9 Å². The number of nitrogens with zero attached hydrogens (tertiary/aromatic N) is 1. The largest absolute Gasteiger partial charge is 0.261 e. The lowest BCUT2D eigenvalue weighted by Crippen LogP contribution is -2.24. The highest BCUT2D eigenvalue weighted by atomic mass is 14.7. The van der Waals surface area contributed by atoms with Crippen LogP contribution in [0.2, 0.25) is 0 Å². The van der Waals surface area contributed by atoms with Crippen LogP contribution < -0.4 is 0 Å². The molecule has 3 rings (SSSR count). The molecule has 1 fully saturated rings. The summed E-state index contributed by atoms with van der Waals surface area (Å²) in [6, 6.07) is 4.36. The summed E-state index contributed by atoms with van der Waals surface area (Å²) in [6.07, 6.45) is 9.01. The van der Waals surface area contributed by atoms with E-state index in [1.807, 2.05) is 6.20 Å². The van der Waals surface area contributed by atoms with Crippen molar-refractivity contribution < 1.29 is 0 Å². The van der Waals surface area contributed by atoms with Gasteiger partial charge in [-0.25, -0.2) is 0 Å². The Kier molecular flexibility index (Phi) is 1.64. The van der Waals surface area contributed by atoms with E-state index in [2.05, 4.69) is 17.1 Å². The Hall–Kier alpha value is -0.850. The van der Waals surface area contributed by atoms with Crippen LogP contribution in [0.5, 0.6) is 0 Å². The van der Waals surface area contributed by atoms with E-state index >= 15 is 0 Å². The van der Waals surface area contributed by atoms with Crippen molar-refractivity contribution in [3.8, 4) is 0 Å². The Morgan fingerprint density at radius 2 is 1.92 bits per heavy atom. The lowest BCUT2D eigenvalue weighted by atomic mass is 9.68. The first-order valence-electron chi connectivity index (χ1n) is 5.41. The molecule has 0 saturated heterocycles. The van der Waals surface area contributed by atoms with Crippen LogP contribution in [0.25, 0.3) is 0 Å². The zero-order chi connectivity index (χ0) is 8.67. The predicted molar refractivity (Wildman–Crippen MR) is 52.8 cm³/mol. The third-order valence-corrected chi connectivity index (χ3v) is 3.64. The van der Waals surface area contributed by atoms with Crippen molar-refractivity contribution in [2.24, 2.45) is 0 Å². The molecule has 0 amide bonds. The average molecular weight is 173 g/mol. The zero-order valence-electron chi connectivity index (χ0n) is 7.87. The summed E-state index contributed by atoms with van der Waals surface area (Å²) in [5, 5.41) is 0. The molecule has 1 saturated carbocycles. The monoisotopic (exact) mass is 173 g/mol. The highest BCUT2D eigenvalue weighted by Gasteiger charge is 2.38. The minimum atomic E-state index is 0.818. The summed E-state index contributed by atoms with van der Waals surface area (Å²) in [4.78, 5) is 4.49. The molecule has 0 spiro atoms. The fourth-order valence-electron chi connectivity index (χ4n) is 2.96. The molecular formula is C12H15N. The van der Waals surface area contributed by atoms with E-state index in [-0.39, 0.29) is 0 Å². The smallest absolute Gasteiger partial charge is 0.0475 e. The molecule has 1 aromatic rings. The minimum absolute atomic E-state index is 0.818. The van der Waals surface area contributed by atoms with Crippen molar-refractivity contribution in [1.82, 2.24) is 4.98 Å². The molecule has 0 radical (unpaired) electrons. The second-order valence-corrected chi connectivity index (χ2v) is 4.33. The first kappa shape index (κ1) is 7.54. The predicted octanol–water partition coefficient (Wildman–Crippen LogP) is 3.23. The van der Waals surface area contributed by atoms with E-state index in [4.69, 9.17) is 0 Å². The summed E-state index contributed by atoms with van der Waals surface area (Å²) in [5.74, 6) is 1.69. The van der Waals surface area contributed by atoms with E-state index in [1.165, 1.54) is 37.8 Å². The minimum Gasteiger partial charge on any atom is -0.261 e. The van der Waals surface area contributed by atoms with Crippen molar-refractivity contribution in [2.75, 3.05) is 0 Å². The van der Waals surface area contributed by atoms with Crippen molar-refractivity contribution in [2.45, 2.75) is 43.9 Å². The van der Waals surface area contributed by atoms with Gasteiger partial charge in [-0.15, -0.1) is 0 Å². The molecule has 0 bridgehead atoms. The van der Waals surface area contributed by atoms with Gasteiger partial charge in [0.1, 0.15) is 0 Å². The van der Waals surface area contributed by atoms with Gasteiger partial charge in [-0.2, -0.15) is 0 Å². The maximum absolute atomic E-state index is 4.49. The van der Waals surface area contributed by atoms with Crippen molar-refractivity contribution in [3.05, 3.63) is 29.6 Å². The van der Waals surface area contributed by atoms with Gasteiger partial charge in [0.25, 0.3) is 0 Å². The highest BCUT2D eigenvalue weighted by Crippen LogP contribution is 2.52. The third-order valence-electron chi connectivity index (χ3n) is 3.64. The van der Waals surface area contributed by atoms with Gasteiger partial charge in [0, 0.05) is 17.8 Å². The molecular weight excluding hydrogens is 158 g/mol. The van der Waals surface area contributed by atoms with Crippen LogP contribution in [0.4, 0.5) is 0 Å². The lowest BCUT2D eigenvalue weighted by Gasteiger charge is -2.37. The summed E-state index contributed by atoms with van der Waals surface area (Å²) < 4.78 is 0. The van der Waals surface area contributed by atoms with E-state index in [0.29, 0.717) is 0 Å². The Labute approximate surface area is 79.2 Å². The molecule has 1 aromatic heterocycles. The summed E-state index contributed by atoms with van der Waals surface area (Å²) in [7, 11) is 0. The van der Waals surface area contributed by atoms with Gasteiger partial charge in [0.2, 0.25) is 0 Å². The van der Waals surface area contributed by atoms with Gasteiger partial charge in [0.05, 0.1) is 0 Å². The van der Waals surface area contributed by atoms with Gasteiger partial charge < -0.3 is 0 Å². The van der Waals surface area contributed by atoms with Gasteiger partial charge in [-0.1, -0.05) is 25.3 Å².